The standard InChI is InChI=1S/C17H19ClFN3.HI/c1-20-17(22-12-14-4-8-16(19)9-5-14)21-11-10-13-2-6-15(18)7-3-13;/h2-9H,10-12H2,1H3,(H2,20,21,22);1H. The lowest BCUT2D eigenvalue weighted by Crippen LogP contribution is -2.37. The molecule has 0 unspecified atom stereocenters. The zero-order valence-electron chi connectivity index (χ0n) is 12.9. The number of guanidine groups is 1. The van der Waals surface area contributed by atoms with Gasteiger partial charge in [0.15, 0.2) is 5.96 Å². The van der Waals surface area contributed by atoms with Crippen LogP contribution in [0.2, 0.25) is 5.02 Å². The SMILES string of the molecule is CN=C(NCCc1ccc(Cl)cc1)NCc1ccc(F)cc1.I. The van der Waals surface area contributed by atoms with Gasteiger partial charge < -0.3 is 10.6 Å². The second-order valence-corrected chi connectivity index (χ2v) is 5.29. The Morgan fingerprint density at radius 2 is 1.61 bits per heavy atom. The van der Waals surface area contributed by atoms with Crippen molar-refractivity contribution in [3.63, 3.8) is 0 Å². The summed E-state index contributed by atoms with van der Waals surface area (Å²) in [5.74, 6) is 0.493. The van der Waals surface area contributed by atoms with Crippen molar-refractivity contribution in [1.29, 1.82) is 0 Å². The van der Waals surface area contributed by atoms with Crippen molar-refractivity contribution < 1.29 is 4.39 Å². The van der Waals surface area contributed by atoms with Gasteiger partial charge in [-0.1, -0.05) is 35.9 Å². The first-order valence-electron chi connectivity index (χ1n) is 7.11. The van der Waals surface area contributed by atoms with Gasteiger partial charge in [-0.15, -0.1) is 24.0 Å². The van der Waals surface area contributed by atoms with Crippen molar-refractivity contribution in [1.82, 2.24) is 10.6 Å². The third-order valence-corrected chi connectivity index (χ3v) is 3.47. The van der Waals surface area contributed by atoms with Gasteiger partial charge in [-0.05, 0) is 41.8 Å². The van der Waals surface area contributed by atoms with Crippen LogP contribution in [0, 0.1) is 5.82 Å². The Balaban J connectivity index is 0.00000264. The average molecular weight is 448 g/mol. The second kappa shape index (κ2) is 10.4. The number of nitrogens with zero attached hydrogens (tertiary/aromatic N) is 1. The Bertz CT molecular complexity index is 615. The lowest BCUT2D eigenvalue weighted by Gasteiger charge is -2.12. The largest absolute Gasteiger partial charge is 0.356 e. The van der Waals surface area contributed by atoms with Crippen LogP contribution in [0.25, 0.3) is 0 Å². The maximum atomic E-state index is 12.8. The normalized spacial score (nSPS) is 10.8. The molecular weight excluding hydrogens is 428 g/mol. The lowest BCUT2D eigenvalue weighted by molar-refractivity contribution is 0.626. The summed E-state index contributed by atoms with van der Waals surface area (Å²) < 4.78 is 12.8. The fourth-order valence-corrected chi connectivity index (χ4v) is 2.11. The first-order valence-corrected chi connectivity index (χ1v) is 7.48. The van der Waals surface area contributed by atoms with E-state index in [1.807, 2.05) is 24.3 Å². The molecule has 0 amide bonds. The van der Waals surface area contributed by atoms with Crippen LogP contribution in [-0.4, -0.2) is 19.6 Å². The Hall–Kier alpha value is -1.34. The van der Waals surface area contributed by atoms with Crippen LogP contribution in [0.3, 0.4) is 0 Å². The van der Waals surface area contributed by atoms with E-state index in [2.05, 4.69) is 15.6 Å². The monoisotopic (exact) mass is 447 g/mol. The lowest BCUT2D eigenvalue weighted by atomic mass is 10.1. The van der Waals surface area contributed by atoms with Crippen molar-refractivity contribution in [2.75, 3.05) is 13.6 Å². The van der Waals surface area contributed by atoms with Crippen LogP contribution in [0.1, 0.15) is 11.1 Å². The highest BCUT2D eigenvalue weighted by Crippen LogP contribution is 2.09. The molecule has 0 heterocycles. The van der Waals surface area contributed by atoms with Crippen molar-refractivity contribution in [2.24, 2.45) is 4.99 Å². The van der Waals surface area contributed by atoms with Gasteiger partial charge in [-0.25, -0.2) is 4.39 Å². The van der Waals surface area contributed by atoms with Crippen LogP contribution >= 0.6 is 35.6 Å². The highest BCUT2D eigenvalue weighted by atomic mass is 127. The predicted octanol–water partition coefficient (Wildman–Crippen LogP) is 4.00. The molecule has 0 bridgehead atoms. The van der Waals surface area contributed by atoms with Crippen LogP contribution in [-0.2, 0) is 13.0 Å². The van der Waals surface area contributed by atoms with E-state index in [1.54, 1.807) is 19.2 Å². The topological polar surface area (TPSA) is 36.4 Å². The third-order valence-electron chi connectivity index (χ3n) is 3.22. The molecule has 0 aliphatic carbocycles. The van der Waals surface area contributed by atoms with Crippen LogP contribution < -0.4 is 10.6 Å². The Morgan fingerprint density at radius 1 is 1.00 bits per heavy atom. The summed E-state index contributed by atoms with van der Waals surface area (Å²) in [4.78, 5) is 4.17. The van der Waals surface area contributed by atoms with Gasteiger partial charge in [0.1, 0.15) is 5.82 Å². The summed E-state index contributed by atoms with van der Waals surface area (Å²) in [6.07, 6.45) is 0.883. The van der Waals surface area contributed by atoms with E-state index >= 15 is 0 Å². The minimum atomic E-state index is -0.228. The molecule has 0 radical (unpaired) electrons. The van der Waals surface area contributed by atoms with Crippen LogP contribution in [0.5, 0.6) is 0 Å². The van der Waals surface area contributed by atoms with Gasteiger partial charge in [0.05, 0.1) is 0 Å². The van der Waals surface area contributed by atoms with Crippen molar-refractivity contribution in [2.45, 2.75) is 13.0 Å². The summed E-state index contributed by atoms with van der Waals surface area (Å²) in [6, 6.07) is 14.2. The molecule has 0 saturated heterocycles. The minimum Gasteiger partial charge on any atom is -0.356 e. The molecule has 0 aliphatic heterocycles. The molecule has 6 heteroatoms. The van der Waals surface area contributed by atoms with E-state index in [9.17, 15) is 4.39 Å². The molecular formula is C17H20ClFIN3. The van der Waals surface area contributed by atoms with Crippen molar-refractivity contribution >= 4 is 41.5 Å². The van der Waals surface area contributed by atoms with E-state index < -0.39 is 0 Å². The number of hydrogen-bond donors (Lipinski definition) is 2. The molecule has 0 saturated carbocycles. The zero-order chi connectivity index (χ0) is 15.8. The predicted molar refractivity (Wildman–Crippen MR) is 105 cm³/mol. The Kier molecular flexibility index (Phi) is 8.94. The summed E-state index contributed by atoms with van der Waals surface area (Å²) in [5, 5.41) is 7.19. The maximum Gasteiger partial charge on any atom is 0.191 e. The first-order chi connectivity index (χ1) is 10.7. The van der Waals surface area contributed by atoms with E-state index in [1.165, 1.54) is 17.7 Å². The highest BCUT2D eigenvalue weighted by molar-refractivity contribution is 14.0. The van der Waals surface area contributed by atoms with Gasteiger partial charge in [0.25, 0.3) is 0 Å². The Morgan fingerprint density at radius 3 is 2.22 bits per heavy atom. The first kappa shape index (κ1) is 19.7. The fraction of sp³-hybridized carbons (Fsp3) is 0.235. The van der Waals surface area contributed by atoms with Gasteiger partial charge in [-0.3, -0.25) is 4.99 Å². The summed E-state index contributed by atoms with van der Waals surface area (Å²) in [7, 11) is 1.72. The van der Waals surface area contributed by atoms with E-state index in [4.69, 9.17) is 11.6 Å². The molecule has 2 aromatic carbocycles. The number of hydrogen-bond acceptors (Lipinski definition) is 1. The van der Waals surface area contributed by atoms with Gasteiger partial charge >= 0.3 is 0 Å². The fourth-order valence-electron chi connectivity index (χ4n) is 1.98. The van der Waals surface area contributed by atoms with Gasteiger partial charge in [0, 0.05) is 25.2 Å². The van der Waals surface area contributed by atoms with E-state index in [0.717, 1.165) is 29.5 Å². The van der Waals surface area contributed by atoms with E-state index in [-0.39, 0.29) is 29.8 Å². The summed E-state index contributed by atoms with van der Waals surface area (Å²) in [6.45, 7) is 1.37. The molecule has 2 N–H and O–H groups in total. The van der Waals surface area contributed by atoms with Crippen LogP contribution in [0.4, 0.5) is 4.39 Å². The number of benzene rings is 2. The molecule has 2 rings (SSSR count). The maximum absolute atomic E-state index is 12.8. The van der Waals surface area contributed by atoms with Gasteiger partial charge in [-0.2, -0.15) is 0 Å². The zero-order valence-corrected chi connectivity index (χ0v) is 15.9. The van der Waals surface area contributed by atoms with Crippen LogP contribution in [0.15, 0.2) is 53.5 Å². The molecule has 0 fully saturated rings. The Labute approximate surface area is 158 Å². The quantitative estimate of drug-likeness (QED) is 0.413. The molecule has 124 valence electrons. The smallest absolute Gasteiger partial charge is 0.191 e. The number of rotatable bonds is 5. The molecule has 0 spiro atoms. The van der Waals surface area contributed by atoms with Gasteiger partial charge in [0.2, 0.25) is 0 Å². The average Bonchev–Trinajstić information content (AvgIpc) is 2.54. The van der Waals surface area contributed by atoms with Crippen molar-refractivity contribution in [3.05, 3.63) is 70.5 Å². The number of aliphatic imine (C=N–C) groups is 1. The molecule has 3 nitrogen and oxygen atoms in total. The summed E-state index contributed by atoms with van der Waals surface area (Å²) >= 11 is 5.86. The number of nitrogens with one attached hydrogen (secondary N) is 2. The van der Waals surface area contributed by atoms with E-state index in [0.29, 0.717) is 6.54 Å². The molecule has 23 heavy (non-hydrogen) atoms. The molecule has 0 aliphatic rings. The summed E-state index contributed by atoms with van der Waals surface area (Å²) in [5.41, 5.74) is 2.22. The molecule has 2 aromatic rings. The van der Waals surface area contributed by atoms with Crippen molar-refractivity contribution in [3.8, 4) is 0 Å². The second-order valence-electron chi connectivity index (χ2n) is 4.86. The number of halogens is 3. The molecule has 0 aromatic heterocycles. The molecule has 0 atom stereocenters. The highest BCUT2D eigenvalue weighted by Gasteiger charge is 1.99. The third kappa shape index (κ3) is 7.18. The minimum absolute atomic E-state index is 0.